The van der Waals surface area contributed by atoms with Crippen molar-refractivity contribution < 1.29 is 19.2 Å². The van der Waals surface area contributed by atoms with Crippen molar-refractivity contribution in [2.75, 3.05) is 35.7 Å². The van der Waals surface area contributed by atoms with E-state index >= 15 is 0 Å². The standard InChI is InChI=1S/C33H35N5O4S/c1-43-22-30(39)37-20-4-7-28(37)31(40)35-25-15-11-23(12-16-25)9-10-24-13-17-26(18-14-24)36-32(41)29-8-5-21-38(29)33(42)27-6-2-3-19-34-27/h2-3,6,9-19,28-29H,4-5,7-8,20-22H2,1H3,(H,35,40)(H,36,41)/b10-9+/t28-,29-/m0/s1. The highest BCUT2D eigenvalue weighted by Crippen LogP contribution is 2.23. The molecule has 0 spiro atoms. The summed E-state index contributed by atoms with van der Waals surface area (Å²) in [6.07, 6.45) is 10.3. The van der Waals surface area contributed by atoms with Gasteiger partial charge in [-0.1, -0.05) is 42.5 Å². The van der Waals surface area contributed by atoms with E-state index in [1.807, 2.05) is 66.9 Å². The number of hydrogen-bond acceptors (Lipinski definition) is 6. The van der Waals surface area contributed by atoms with Gasteiger partial charge in [-0.2, -0.15) is 11.8 Å². The lowest BCUT2D eigenvalue weighted by atomic mass is 10.1. The summed E-state index contributed by atoms with van der Waals surface area (Å²) in [5.41, 5.74) is 3.61. The maximum Gasteiger partial charge on any atom is 0.273 e. The number of nitrogens with zero attached hydrogens (tertiary/aromatic N) is 3. The predicted octanol–water partition coefficient (Wildman–Crippen LogP) is 4.79. The number of thioether (sulfide) groups is 1. The lowest BCUT2D eigenvalue weighted by Crippen LogP contribution is -2.43. The Hall–Kier alpha value is -4.44. The first kappa shape index (κ1) is 30.0. The van der Waals surface area contributed by atoms with Crippen LogP contribution in [0.4, 0.5) is 11.4 Å². The molecule has 2 saturated heterocycles. The van der Waals surface area contributed by atoms with Crippen molar-refractivity contribution in [3.05, 3.63) is 89.7 Å². The molecule has 1 aromatic heterocycles. The van der Waals surface area contributed by atoms with Gasteiger partial charge in [0.25, 0.3) is 5.91 Å². The van der Waals surface area contributed by atoms with E-state index in [0.29, 0.717) is 48.8 Å². The van der Waals surface area contributed by atoms with Crippen LogP contribution in [0.15, 0.2) is 72.9 Å². The van der Waals surface area contributed by atoms with Crippen LogP contribution < -0.4 is 10.6 Å². The summed E-state index contributed by atoms with van der Waals surface area (Å²) in [7, 11) is 0. The zero-order valence-corrected chi connectivity index (χ0v) is 24.9. The number of benzene rings is 2. The van der Waals surface area contributed by atoms with E-state index < -0.39 is 12.1 Å². The van der Waals surface area contributed by atoms with Crippen LogP contribution in [0.25, 0.3) is 12.2 Å². The molecule has 2 aliphatic heterocycles. The second-order valence-corrected chi connectivity index (χ2v) is 11.5. The molecule has 3 aromatic rings. The van der Waals surface area contributed by atoms with Gasteiger partial charge in [-0.25, -0.2) is 0 Å². The molecule has 0 aliphatic carbocycles. The average molecular weight is 598 g/mol. The minimum atomic E-state index is -0.526. The van der Waals surface area contributed by atoms with Crippen molar-refractivity contribution in [2.24, 2.45) is 0 Å². The summed E-state index contributed by atoms with van der Waals surface area (Å²) >= 11 is 1.47. The van der Waals surface area contributed by atoms with Crippen molar-refractivity contribution in [3.8, 4) is 0 Å². The van der Waals surface area contributed by atoms with Crippen LogP contribution in [-0.4, -0.2) is 75.6 Å². The zero-order valence-electron chi connectivity index (χ0n) is 24.1. The number of rotatable bonds is 9. The highest BCUT2D eigenvalue weighted by atomic mass is 32.2. The monoisotopic (exact) mass is 597 g/mol. The van der Waals surface area contributed by atoms with E-state index in [1.165, 1.54) is 11.8 Å². The van der Waals surface area contributed by atoms with Crippen molar-refractivity contribution in [2.45, 2.75) is 37.8 Å². The molecule has 43 heavy (non-hydrogen) atoms. The maximum atomic E-state index is 13.0. The third-order valence-electron chi connectivity index (χ3n) is 7.67. The fourth-order valence-corrected chi connectivity index (χ4v) is 5.87. The van der Waals surface area contributed by atoms with Gasteiger partial charge in [0.1, 0.15) is 17.8 Å². The van der Waals surface area contributed by atoms with Crippen molar-refractivity contribution in [1.29, 1.82) is 0 Å². The molecule has 2 aromatic carbocycles. The number of likely N-dealkylation sites (tertiary alicyclic amines) is 2. The molecule has 2 aliphatic rings. The third kappa shape index (κ3) is 7.50. The van der Waals surface area contributed by atoms with Gasteiger partial charge in [0, 0.05) is 30.7 Å². The summed E-state index contributed by atoms with van der Waals surface area (Å²) in [4.78, 5) is 58.5. The molecule has 4 amide bonds. The highest BCUT2D eigenvalue weighted by molar-refractivity contribution is 7.99. The molecule has 2 fully saturated rings. The van der Waals surface area contributed by atoms with Gasteiger partial charge < -0.3 is 20.4 Å². The molecule has 2 atom stereocenters. The van der Waals surface area contributed by atoms with E-state index in [0.717, 1.165) is 24.0 Å². The zero-order chi connectivity index (χ0) is 30.2. The van der Waals surface area contributed by atoms with E-state index in [2.05, 4.69) is 15.6 Å². The molecule has 0 saturated carbocycles. The fourth-order valence-electron chi connectivity index (χ4n) is 5.46. The quantitative estimate of drug-likeness (QED) is 0.343. The number of carbonyl (C=O) groups is 4. The minimum absolute atomic E-state index is 0.00889. The molecule has 3 heterocycles. The molecule has 2 N–H and O–H groups in total. The third-order valence-corrected chi connectivity index (χ3v) is 8.20. The summed E-state index contributed by atoms with van der Waals surface area (Å²) in [6, 6.07) is 19.3. The van der Waals surface area contributed by atoms with Gasteiger partial charge in [0.15, 0.2) is 0 Å². The van der Waals surface area contributed by atoms with E-state index in [1.54, 1.807) is 34.2 Å². The molecule has 5 rings (SSSR count). The Morgan fingerprint density at radius 2 is 1.33 bits per heavy atom. The lowest BCUT2D eigenvalue weighted by molar-refractivity contribution is -0.134. The smallest absolute Gasteiger partial charge is 0.273 e. The van der Waals surface area contributed by atoms with Crippen LogP contribution >= 0.6 is 11.8 Å². The molecule has 0 radical (unpaired) electrons. The van der Waals surface area contributed by atoms with Gasteiger partial charge in [-0.3, -0.25) is 24.2 Å². The van der Waals surface area contributed by atoms with Gasteiger partial charge in [-0.05, 0) is 79.5 Å². The molecule has 0 unspecified atom stereocenters. The van der Waals surface area contributed by atoms with Crippen molar-refractivity contribution in [3.63, 3.8) is 0 Å². The number of anilines is 2. The summed E-state index contributed by atoms with van der Waals surface area (Å²) in [6.45, 7) is 1.16. The fraction of sp³-hybridized carbons (Fsp3) is 0.303. The topological polar surface area (TPSA) is 112 Å². The van der Waals surface area contributed by atoms with Crippen molar-refractivity contribution in [1.82, 2.24) is 14.8 Å². The predicted molar refractivity (Wildman–Crippen MR) is 170 cm³/mol. The Labute approximate surface area is 255 Å². The summed E-state index contributed by atoms with van der Waals surface area (Å²) < 4.78 is 0. The molecule has 9 nitrogen and oxygen atoms in total. The summed E-state index contributed by atoms with van der Waals surface area (Å²) in [5, 5.41) is 5.89. The average Bonchev–Trinajstić information content (AvgIpc) is 3.73. The second-order valence-electron chi connectivity index (χ2n) is 10.6. The van der Waals surface area contributed by atoms with Crippen molar-refractivity contribution >= 4 is 58.9 Å². The van der Waals surface area contributed by atoms with Crippen LogP contribution in [0.5, 0.6) is 0 Å². The highest BCUT2D eigenvalue weighted by Gasteiger charge is 2.35. The molecule has 0 bridgehead atoms. The summed E-state index contributed by atoms with van der Waals surface area (Å²) in [5.74, 6) is -0.189. The molecular formula is C33H35N5O4S. The second kappa shape index (κ2) is 14.2. The molecular weight excluding hydrogens is 562 g/mol. The maximum absolute atomic E-state index is 13.0. The Kier molecular flexibility index (Phi) is 9.88. The van der Waals surface area contributed by atoms with Crippen LogP contribution in [0, 0.1) is 0 Å². The van der Waals surface area contributed by atoms with Gasteiger partial charge in [0.05, 0.1) is 5.75 Å². The number of pyridine rings is 1. The van der Waals surface area contributed by atoms with Crippen LogP contribution in [0.3, 0.4) is 0 Å². The van der Waals surface area contributed by atoms with Crippen LogP contribution in [0.2, 0.25) is 0 Å². The minimum Gasteiger partial charge on any atom is -0.330 e. The first-order valence-corrected chi connectivity index (χ1v) is 15.8. The molecule has 10 heteroatoms. The van der Waals surface area contributed by atoms with Gasteiger partial charge in [0.2, 0.25) is 17.7 Å². The van der Waals surface area contributed by atoms with Gasteiger partial charge in [-0.15, -0.1) is 0 Å². The first-order valence-electron chi connectivity index (χ1n) is 14.4. The normalized spacial score (nSPS) is 18.2. The van der Waals surface area contributed by atoms with Gasteiger partial charge >= 0.3 is 0 Å². The van der Waals surface area contributed by atoms with E-state index in [4.69, 9.17) is 0 Å². The Balaban J connectivity index is 1.13. The Bertz CT molecular complexity index is 1480. The lowest BCUT2D eigenvalue weighted by Gasteiger charge is -2.23. The number of nitrogens with one attached hydrogen (secondary N) is 2. The number of aromatic nitrogens is 1. The number of carbonyl (C=O) groups excluding carboxylic acids is 4. The Morgan fingerprint density at radius 3 is 1.84 bits per heavy atom. The van der Waals surface area contributed by atoms with Crippen LogP contribution in [-0.2, 0) is 14.4 Å². The van der Waals surface area contributed by atoms with E-state index in [9.17, 15) is 19.2 Å². The SMILES string of the molecule is CSCC(=O)N1CCC[C@H]1C(=O)Nc1ccc(/C=C/c2ccc(NC(=O)[C@@H]3CCCN3C(=O)c3ccccn3)cc2)cc1. The number of hydrogen-bond donors (Lipinski definition) is 2. The first-order chi connectivity index (χ1) is 20.9. The largest absolute Gasteiger partial charge is 0.330 e. The number of amides is 4. The van der Waals surface area contributed by atoms with Crippen LogP contribution in [0.1, 0.15) is 47.3 Å². The van der Waals surface area contributed by atoms with E-state index in [-0.39, 0.29) is 23.6 Å². The molecule has 222 valence electrons. The Morgan fingerprint density at radius 1 is 0.791 bits per heavy atom.